The van der Waals surface area contributed by atoms with Gasteiger partial charge in [0.25, 0.3) is 10.0 Å². The summed E-state index contributed by atoms with van der Waals surface area (Å²) >= 11 is 0. The highest BCUT2D eigenvalue weighted by atomic mass is 32.2. The summed E-state index contributed by atoms with van der Waals surface area (Å²) in [7, 11) is -3.66. The van der Waals surface area contributed by atoms with E-state index in [9.17, 15) is 8.42 Å². The molecule has 0 aromatic carbocycles. The molecule has 0 saturated heterocycles. The van der Waals surface area contributed by atoms with Crippen molar-refractivity contribution in [3.8, 4) is 0 Å². The Kier molecular flexibility index (Phi) is 5.13. The fourth-order valence-electron chi connectivity index (χ4n) is 1.13. The molecule has 0 aliphatic rings. The van der Waals surface area contributed by atoms with Crippen LogP contribution in [0.5, 0.6) is 0 Å². The molecule has 0 amide bonds. The Balaban J connectivity index is 2.51. The summed E-state index contributed by atoms with van der Waals surface area (Å²) in [5, 5.41) is 8.56. The van der Waals surface area contributed by atoms with Crippen LogP contribution in [0, 0.1) is 0 Å². The van der Waals surface area contributed by atoms with Gasteiger partial charge in [0.05, 0.1) is 12.7 Å². The Morgan fingerprint density at radius 1 is 1.47 bits per heavy atom. The van der Waals surface area contributed by atoms with Crippen LogP contribution >= 0.6 is 0 Å². The van der Waals surface area contributed by atoms with Crippen LogP contribution in [-0.4, -0.2) is 32.8 Å². The highest BCUT2D eigenvalue weighted by molar-refractivity contribution is 7.89. The van der Waals surface area contributed by atoms with Crippen LogP contribution in [0.2, 0.25) is 0 Å². The third kappa shape index (κ3) is 4.47. The van der Waals surface area contributed by atoms with Crippen LogP contribution in [0.3, 0.4) is 0 Å². The minimum Gasteiger partial charge on any atom is -0.446 e. The molecule has 98 valence electrons. The van der Waals surface area contributed by atoms with Crippen LogP contribution in [0.15, 0.2) is 21.6 Å². The first-order valence-corrected chi connectivity index (χ1v) is 6.75. The largest absolute Gasteiger partial charge is 0.446 e. The van der Waals surface area contributed by atoms with Gasteiger partial charge in [-0.1, -0.05) is 0 Å². The molecule has 0 spiro atoms. The average molecular weight is 263 g/mol. The first-order chi connectivity index (χ1) is 7.95. The molecule has 0 unspecified atom stereocenters. The van der Waals surface area contributed by atoms with E-state index in [1.54, 1.807) is 0 Å². The highest BCUT2D eigenvalue weighted by Crippen LogP contribution is 2.13. The molecule has 17 heavy (non-hydrogen) atoms. The number of hydrogen-bond donors (Lipinski definition) is 2. The van der Waals surface area contributed by atoms with Crippen molar-refractivity contribution < 1.29 is 22.7 Å². The Bertz CT molecular complexity index is 437. The number of aliphatic hydroxyl groups excluding tert-OH is 1. The Morgan fingerprint density at radius 3 is 2.71 bits per heavy atom. The topological polar surface area (TPSA) is 88.8 Å². The number of rotatable bonds is 7. The van der Waals surface area contributed by atoms with E-state index >= 15 is 0 Å². The van der Waals surface area contributed by atoms with Gasteiger partial charge < -0.3 is 14.3 Å². The summed E-state index contributed by atoms with van der Waals surface area (Å²) in [6.45, 7) is 3.88. The van der Waals surface area contributed by atoms with E-state index in [0.717, 1.165) is 0 Å². The SMILES string of the molecule is CC(C)OCCNS(=O)(=O)c1ccc(CO)o1. The lowest BCUT2D eigenvalue weighted by Gasteiger charge is -2.07. The van der Waals surface area contributed by atoms with Gasteiger partial charge in [-0.15, -0.1) is 0 Å². The number of sulfonamides is 1. The van der Waals surface area contributed by atoms with Gasteiger partial charge in [-0.2, -0.15) is 0 Å². The fourth-order valence-corrected chi connectivity index (χ4v) is 2.09. The van der Waals surface area contributed by atoms with Gasteiger partial charge >= 0.3 is 0 Å². The van der Waals surface area contributed by atoms with E-state index < -0.39 is 10.0 Å². The van der Waals surface area contributed by atoms with Crippen molar-refractivity contribution in [3.05, 3.63) is 17.9 Å². The Hall–Kier alpha value is -0.890. The maximum absolute atomic E-state index is 11.7. The molecular formula is C10H17NO5S. The van der Waals surface area contributed by atoms with Gasteiger partial charge in [-0.3, -0.25) is 0 Å². The van der Waals surface area contributed by atoms with Crippen LogP contribution in [0.4, 0.5) is 0 Å². The second-order valence-electron chi connectivity index (χ2n) is 3.70. The molecular weight excluding hydrogens is 246 g/mol. The van der Waals surface area contributed by atoms with Crippen LogP contribution in [-0.2, 0) is 21.4 Å². The summed E-state index contributed by atoms with van der Waals surface area (Å²) in [4.78, 5) is 0. The van der Waals surface area contributed by atoms with Crippen LogP contribution in [0.25, 0.3) is 0 Å². The lowest BCUT2D eigenvalue weighted by molar-refractivity contribution is 0.0833. The number of aliphatic hydroxyl groups is 1. The zero-order valence-corrected chi connectivity index (χ0v) is 10.7. The van der Waals surface area contributed by atoms with E-state index in [1.165, 1.54) is 12.1 Å². The van der Waals surface area contributed by atoms with Crippen LogP contribution in [0.1, 0.15) is 19.6 Å². The normalized spacial score (nSPS) is 12.2. The summed E-state index contributed by atoms with van der Waals surface area (Å²) in [6.07, 6.45) is 0.0594. The first-order valence-electron chi connectivity index (χ1n) is 5.26. The highest BCUT2D eigenvalue weighted by Gasteiger charge is 2.17. The monoisotopic (exact) mass is 263 g/mol. The summed E-state index contributed by atoms with van der Waals surface area (Å²) < 4.78 is 35.8. The third-order valence-electron chi connectivity index (χ3n) is 1.90. The molecule has 0 radical (unpaired) electrons. The van der Waals surface area contributed by atoms with Gasteiger partial charge in [0, 0.05) is 6.54 Å². The number of furan rings is 1. The number of ether oxygens (including phenoxy) is 1. The number of hydrogen-bond acceptors (Lipinski definition) is 5. The van der Waals surface area contributed by atoms with Gasteiger partial charge in [0.1, 0.15) is 12.4 Å². The van der Waals surface area contributed by atoms with E-state index in [2.05, 4.69) is 4.72 Å². The molecule has 0 bridgehead atoms. The molecule has 1 aromatic rings. The zero-order valence-electron chi connectivity index (χ0n) is 9.84. The Morgan fingerprint density at radius 2 is 2.18 bits per heavy atom. The molecule has 0 aliphatic carbocycles. The third-order valence-corrected chi connectivity index (χ3v) is 3.24. The smallest absolute Gasteiger partial charge is 0.274 e. The predicted molar refractivity (Wildman–Crippen MR) is 60.9 cm³/mol. The molecule has 0 saturated carbocycles. The van der Waals surface area contributed by atoms with Crippen molar-refractivity contribution in [1.82, 2.24) is 4.72 Å². The molecule has 0 fully saturated rings. The van der Waals surface area contributed by atoms with Crippen molar-refractivity contribution >= 4 is 10.0 Å². The van der Waals surface area contributed by atoms with Gasteiger partial charge in [0.2, 0.25) is 5.09 Å². The van der Waals surface area contributed by atoms with Crippen LogP contribution < -0.4 is 4.72 Å². The fraction of sp³-hybridized carbons (Fsp3) is 0.600. The van der Waals surface area contributed by atoms with Crippen molar-refractivity contribution in [2.24, 2.45) is 0 Å². The van der Waals surface area contributed by atoms with E-state index in [-0.39, 0.29) is 30.1 Å². The molecule has 0 aliphatic heterocycles. The summed E-state index contributed by atoms with van der Waals surface area (Å²) in [5.41, 5.74) is 0. The number of nitrogens with one attached hydrogen (secondary N) is 1. The molecule has 6 nitrogen and oxygen atoms in total. The summed E-state index contributed by atoms with van der Waals surface area (Å²) in [6, 6.07) is 2.72. The van der Waals surface area contributed by atoms with Crippen molar-refractivity contribution in [1.29, 1.82) is 0 Å². The van der Waals surface area contributed by atoms with E-state index in [0.29, 0.717) is 6.61 Å². The molecule has 0 atom stereocenters. The standard InChI is InChI=1S/C10H17NO5S/c1-8(2)15-6-5-11-17(13,14)10-4-3-9(7-12)16-10/h3-4,8,11-12H,5-7H2,1-2H3. The molecule has 7 heteroatoms. The predicted octanol–water partition coefficient (Wildman–Crippen LogP) is 0.475. The Labute approximate surface area is 101 Å². The maximum Gasteiger partial charge on any atom is 0.274 e. The first kappa shape index (κ1) is 14.2. The molecule has 1 rings (SSSR count). The second kappa shape index (κ2) is 6.15. The molecule has 1 heterocycles. The minimum absolute atomic E-state index is 0.0594. The van der Waals surface area contributed by atoms with Crippen molar-refractivity contribution in [2.45, 2.75) is 31.7 Å². The quantitative estimate of drug-likeness (QED) is 0.698. The average Bonchev–Trinajstić information content (AvgIpc) is 2.73. The minimum atomic E-state index is -3.66. The maximum atomic E-state index is 11.7. The summed E-state index contributed by atoms with van der Waals surface area (Å²) in [5.74, 6) is 0.212. The zero-order chi connectivity index (χ0) is 12.9. The van der Waals surface area contributed by atoms with E-state index in [1.807, 2.05) is 13.8 Å². The van der Waals surface area contributed by atoms with Crippen molar-refractivity contribution in [2.75, 3.05) is 13.2 Å². The lowest BCUT2D eigenvalue weighted by Crippen LogP contribution is -2.27. The van der Waals surface area contributed by atoms with Crippen molar-refractivity contribution in [3.63, 3.8) is 0 Å². The lowest BCUT2D eigenvalue weighted by atomic mass is 10.5. The van der Waals surface area contributed by atoms with Gasteiger partial charge in [-0.05, 0) is 26.0 Å². The van der Waals surface area contributed by atoms with Gasteiger partial charge in [-0.25, -0.2) is 13.1 Å². The second-order valence-corrected chi connectivity index (χ2v) is 5.39. The molecule has 2 N–H and O–H groups in total. The van der Waals surface area contributed by atoms with E-state index in [4.69, 9.17) is 14.3 Å². The van der Waals surface area contributed by atoms with Gasteiger partial charge in [0.15, 0.2) is 0 Å². The molecule has 1 aromatic heterocycles.